The van der Waals surface area contributed by atoms with E-state index in [9.17, 15) is 9.59 Å². The van der Waals surface area contributed by atoms with Crippen molar-refractivity contribution in [1.82, 2.24) is 20.3 Å². The Morgan fingerprint density at radius 3 is 3.00 bits per heavy atom. The van der Waals surface area contributed by atoms with E-state index in [0.29, 0.717) is 12.1 Å². The van der Waals surface area contributed by atoms with Gasteiger partial charge in [0.2, 0.25) is 5.91 Å². The van der Waals surface area contributed by atoms with E-state index in [-0.39, 0.29) is 19.0 Å². The summed E-state index contributed by atoms with van der Waals surface area (Å²) in [5.41, 5.74) is 0.550. The van der Waals surface area contributed by atoms with Crippen LogP contribution in [0.4, 0.5) is 0 Å². The second-order valence-corrected chi connectivity index (χ2v) is 4.66. The zero-order chi connectivity index (χ0) is 13.4. The third kappa shape index (κ3) is 5.67. The quantitative estimate of drug-likeness (QED) is 0.652. The summed E-state index contributed by atoms with van der Waals surface area (Å²) < 4.78 is 1.22. The third-order valence-corrected chi connectivity index (χ3v) is 2.80. The summed E-state index contributed by atoms with van der Waals surface area (Å²) in [5, 5.41) is 18.7. The molecular weight excluding hydrogens is 256 g/mol. The molecule has 0 fully saturated rings. The Morgan fingerprint density at radius 1 is 1.56 bits per heavy atom. The average Bonchev–Trinajstić information content (AvgIpc) is 2.73. The molecule has 1 amide bonds. The number of nitrogens with one attached hydrogen (secondary N) is 1. The first-order valence-electron chi connectivity index (χ1n) is 5.48. The molecule has 0 aliphatic heterocycles. The Hall–Kier alpha value is -1.57. The number of aliphatic carboxylic acids is 1. The fourth-order valence-corrected chi connectivity index (χ4v) is 1.72. The fraction of sp³-hybridized carbons (Fsp3) is 0.600. The van der Waals surface area contributed by atoms with Gasteiger partial charge in [0.25, 0.3) is 0 Å². The molecule has 18 heavy (non-hydrogen) atoms. The first kappa shape index (κ1) is 14.5. The maximum atomic E-state index is 11.4. The van der Waals surface area contributed by atoms with Crippen LogP contribution in [0.1, 0.15) is 18.5 Å². The number of carboxylic acid groups (broad SMARTS) is 1. The molecule has 0 aliphatic carbocycles. The number of hydrogen-bond acceptors (Lipinski definition) is 5. The van der Waals surface area contributed by atoms with E-state index in [1.807, 2.05) is 6.26 Å². The van der Waals surface area contributed by atoms with Crippen molar-refractivity contribution in [3.63, 3.8) is 0 Å². The zero-order valence-electron chi connectivity index (χ0n) is 10.1. The minimum absolute atomic E-state index is 0.0307. The fourth-order valence-electron chi connectivity index (χ4n) is 1.29. The lowest BCUT2D eigenvalue weighted by atomic mass is 10.3. The lowest BCUT2D eigenvalue weighted by Crippen LogP contribution is -2.22. The van der Waals surface area contributed by atoms with Crippen molar-refractivity contribution in [3.8, 4) is 0 Å². The van der Waals surface area contributed by atoms with Crippen molar-refractivity contribution in [3.05, 3.63) is 11.9 Å². The zero-order valence-corrected chi connectivity index (χ0v) is 10.9. The van der Waals surface area contributed by atoms with Crippen LogP contribution in [0.3, 0.4) is 0 Å². The smallest absolute Gasteiger partial charge is 0.325 e. The summed E-state index contributed by atoms with van der Waals surface area (Å²) in [6, 6.07) is 0. The van der Waals surface area contributed by atoms with E-state index in [1.54, 1.807) is 11.8 Å². The summed E-state index contributed by atoms with van der Waals surface area (Å²) in [5.74, 6) is -0.0493. The van der Waals surface area contributed by atoms with Gasteiger partial charge in [0.15, 0.2) is 0 Å². The molecule has 0 spiro atoms. The molecule has 1 aromatic heterocycles. The Labute approximate surface area is 109 Å². The largest absolute Gasteiger partial charge is 0.480 e. The summed E-state index contributed by atoms with van der Waals surface area (Å²) in [6.07, 6.45) is 4.85. The normalized spacial score (nSPS) is 10.3. The monoisotopic (exact) mass is 272 g/mol. The van der Waals surface area contributed by atoms with Gasteiger partial charge in [0, 0.05) is 6.42 Å². The molecule has 8 heteroatoms. The molecule has 0 aromatic carbocycles. The Bertz CT molecular complexity index is 408. The standard InChI is InChI=1S/C10H16N4O3S/c1-18-4-2-3-9(15)11-5-8-6-14(13-12-8)7-10(16)17/h6H,2-5,7H2,1H3,(H,11,15)(H,16,17). The van der Waals surface area contributed by atoms with E-state index < -0.39 is 5.97 Å². The topological polar surface area (TPSA) is 97.1 Å². The van der Waals surface area contributed by atoms with Gasteiger partial charge in [0.05, 0.1) is 12.7 Å². The first-order valence-corrected chi connectivity index (χ1v) is 6.87. The number of hydrogen-bond donors (Lipinski definition) is 2. The van der Waals surface area contributed by atoms with Crippen LogP contribution in [0.25, 0.3) is 0 Å². The Balaban J connectivity index is 2.28. The van der Waals surface area contributed by atoms with Crippen LogP contribution in [-0.4, -0.2) is 44.0 Å². The highest BCUT2D eigenvalue weighted by Crippen LogP contribution is 1.99. The van der Waals surface area contributed by atoms with Crippen molar-refractivity contribution in [1.29, 1.82) is 0 Å². The molecule has 7 nitrogen and oxygen atoms in total. The van der Waals surface area contributed by atoms with Gasteiger partial charge < -0.3 is 10.4 Å². The van der Waals surface area contributed by atoms with Gasteiger partial charge >= 0.3 is 5.97 Å². The highest BCUT2D eigenvalue weighted by molar-refractivity contribution is 7.98. The molecule has 0 aliphatic rings. The van der Waals surface area contributed by atoms with Crippen LogP contribution in [0.15, 0.2) is 6.20 Å². The number of carboxylic acids is 1. The second-order valence-electron chi connectivity index (χ2n) is 3.67. The maximum Gasteiger partial charge on any atom is 0.325 e. The molecule has 0 atom stereocenters. The number of nitrogens with zero attached hydrogens (tertiary/aromatic N) is 3. The molecule has 0 radical (unpaired) electrons. The molecular formula is C10H16N4O3S. The van der Waals surface area contributed by atoms with Gasteiger partial charge in [-0.1, -0.05) is 5.21 Å². The number of carbonyl (C=O) groups excluding carboxylic acids is 1. The molecule has 1 rings (SSSR count). The van der Waals surface area contributed by atoms with Gasteiger partial charge in [-0.3, -0.25) is 9.59 Å². The minimum atomic E-state index is -0.979. The molecule has 0 saturated carbocycles. The van der Waals surface area contributed by atoms with Gasteiger partial charge in [-0.15, -0.1) is 5.10 Å². The van der Waals surface area contributed by atoms with E-state index in [2.05, 4.69) is 15.6 Å². The SMILES string of the molecule is CSCCCC(=O)NCc1cn(CC(=O)O)nn1. The second kappa shape index (κ2) is 7.70. The van der Waals surface area contributed by atoms with E-state index in [1.165, 1.54) is 10.9 Å². The third-order valence-electron chi connectivity index (χ3n) is 2.10. The number of thioether (sulfide) groups is 1. The Kier molecular flexibility index (Phi) is 6.20. The number of aromatic nitrogens is 3. The van der Waals surface area contributed by atoms with Crippen molar-refractivity contribution < 1.29 is 14.7 Å². The van der Waals surface area contributed by atoms with Crippen molar-refractivity contribution in [2.75, 3.05) is 12.0 Å². The van der Waals surface area contributed by atoms with Crippen molar-refractivity contribution in [2.45, 2.75) is 25.9 Å². The summed E-state index contributed by atoms with van der Waals surface area (Å²) in [6.45, 7) is 0.0480. The maximum absolute atomic E-state index is 11.4. The lowest BCUT2D eigenvalue weighted by molar-refractivity contribution is -0.138. The molecule has 0 bridgehead atoms. The summed E-state index contributed by atoms with van der Waals surface area (Å²) >= 11 is 1.71. The first-order chi connectivity index (χ1) is 8.61. The molecule has 0 unspecified atom stereocenters. The number of carbonyl (C=O) groups is 2. The molecule has 1 heterocycles. The van der Waals surface area contributed by atoms with Gasteiger partial charge in [-0.2, -0.15) is 11.8 Å². The van der Waals surface area contributed by atoms with Crippen LogP contribution in [0, 0.1) is 0 Å². The van der Waals surface area contributed by atoms with Crippen molar-refractivity contribution in [2.24, 2.45) is 0 Å². The predicted molar refractivity (Wildman–Crippen MR) is 67.1 cm³/mol. The number of amides is 1. The minimum Gasteiger partial charge on any atom is -0.480 e. The van der Waals surface area contributed by atoms with Crippen LogP contribution < -0.4 is 5.32 Å². The van der Waals surface area contributed by atoms with E-state index in [0.717, 1.165) is 12.2 Å². The van der Waals surface area contributed by atoms with Crippen LogP contribution >= 0.6 is 11.8 Å². The highest BCUT2D eigenvalue weighted by atomic mass is 32.2. The van der Waals surface area contributed by atoms with Crippen LogP contribution in [0.5, 0.6) is 0 Å². The Morgan fingerprint density at radius 2 is 2.33 bits per heavy atom. The molecule has 0 saturated heterocycles. The number of rotatable bonds is 8. The van der Waals surface area contributed by atoms with E-state index in [4.69, 9.17) is 5.11 Å². The van der Waals surface area contributed by atoms with Crippen LogP contribution in [-0.2, 0) is 22.7 Å². The van der Waals surface area contributed by atoms with Crippen LogP contribution in [0.2, 0.25) is 0 Å². The molecule has 100 valence electrons. The summed E-state index contributed by atoms with van der Waals surface area (Å²) in [7, 11) is 0. The lowest BCUT2D eigenvalue weighted by Gasteiger charge is -2.01. The molecule has 1 aromatic rings. The van der Waals surface area contributed by atoms with Gasteiger partial charge in [-0.25, -0.2) is 4.68 Å². The van der Waals surface area contributed by atoms with E-state index >= 15 is 0 Å². The predicted octanol–water partition coefficient (Wildman–Crippen LogP) is 0.122. The van der Waals surface area contributed by atoms with Crippen molar-refractivity contribution >= 4 is 23.6 Å². The molecule has 2 N–H and O–H groups in total. The van der Waals surface area contributed by atoms with Gasteiger partial charge in [0.1, 0.15) is 12.2 Å². The summed E-state index contributed by atoms with van der Waals surface area (Å²) in [4.78, 5) is 21.8. The average molecular weight is 272 g/mol. The highest BCUT2D eigenvalue weighted by Gasteiger charge is 2.06. The van der Waals surface area contributed by atoms with Gasteiger partial charge in [-0.05, 0) is 18.4 Å².